The Morgan fingerprint density at radius 2 is 1.74 bits per heavy atom. The lowest BCUT2D eigenvalue weighted by molar-refractivity contribution is -0.00620. The van der Waals surface area contributed by atoms with E-state index in [4.69, 9.17) is 4.74 Å². The zero-order valence-corrected chi connectivity index (χ0v) is 17.1. The lowest BCUT2D eigenvalue weighted by atomic mass is 9.81. The van der Waals surface area contributed by atoms with E-state index in [1.165, 1.54) is 0 Å². The van der Waals surface area contributed by atoms with E-state index in [-0.39, 0.29) is 11.7 Å². The summed E-state index contributed by atoms with van der Waals surface area (Å²) in [6.45, 7) is 5.24. The largest absolute Gasteiger partial charge is 0.486 e. The van der Waals surface area contributed by atoms with Crippen LogP contribution in [0.2, 0.25) is 0 Å². The molecule has 2 heterocycles. The van der Waals surface area contributed by atoms with Crippen LogP contribution in [0, 0.1) is 13.8 Å². The van der Waals surface area contributed by atoms with Gasteiger partial charge in [-0.15, -0.1) is 0 Å². The number of piperidine rings is 1. The molecule has 0 atom stereocenters. The summed E-state index contributed by atoms with van der Waals surface area (Å²) < 4.78 is 7.38. The third-order valence-corrected chi connectivity index (χ3v) is 6.36. The molecule has 0 N–H and O–H groups in total. The molecule has 2 aromatic rings. The number of ether oxygens (including phenoxy) is 1. The second-order valence-electron chi connectivity index (χ2n) is 7.57. The van der Waals surface area contributed by atoms with Gasteiger partial charge in [0, 0.05) is 36.0 Å². The van der Waals surface area contributed by atoms with E-state index in [1.807, 2.05) is 55.1 Å². The SMILES string of the molecule is Cc1ccc2c(c1C)OC1(CCN(C(=O)c3ccc(Br)cc3)CC1)CC2=O. The second kappa shape index (κ2) is 6.79. The first-order valence-corrected chi connectivity index (χ1v) is 10.1. The smallest absolute Gasteiger partial charge is 0.253 e. The molecule has 0 aromatic heterocycles. The standard InChI is InChI=1S/C22H22BrNO3/c1-14-3-8-18-19(25)13-22(27-20(18)15(14)2)9-11-24(12-10-22)21(26)16-4-6-17(23)7-5-16/h3-8H,9-13H2,1-2H3. The van der Waals surface area contributed by atoms with Crippen molar-refractivity contribution in [2.45, 2.75) is 38.7 Å². The van der Waals surface area contributed by atoms with Gasteiger partial charge in [0.15, 0.2) is 5.78 Å². The van der Waals surface area contributed by atoms with Crippen LogP contribution in [0.15, 0.2) is 40.9 Å². The molecule has 4 nitrogen and oxygen atoms in total. The highest BCUT2D eigenvalue weighted by atomic mass is 79.9. The number of amides is 1. The molecule has 140 valence electrons. The number of hydrogen-bond acceptors (Lipinski definition) is 3. The van der Waals surface area contributed by atoms with Gasteiger partial charge in [0.25, 0.3) is 5.91 Å². The molecule has 0 unspecified atom stereocenters. The van der Waals surface area contributed by atoms with Gasteiger partial charge in [-0.25, -0.2) is 0 Å². The number of aryl methyl sites for hydroxylation is 1. The second-order valence-corrected chi connectivity index (χ2v) is 8.48. The van der Waals surface area contributed by atoms with Crippen LogP contribution in [-0.4, -0.2) is 35.3 Å². The lowest BCUT2D eigenvalue weighted by Gasteiger charge is -2.44. The predicted octanol–water partition coefficient (Wildman–Crippen LogP) is 4.71. The Labute approximate surface area is 167 Å². The van der Waals surface area contributed by atoms with Crippen LogP contribution in [0.4, 0.5) is 0 Å². The molecule has 1 amide bonds. The predicted molar refractivity (Wildman–Crippen MR) is 108 cm³/mol. The Kier molecular flexibility index (Phi) is 4.58. The maximum absolute atomic E-state index is 12.7. The minimum Gasteiger partial charge on any atom is -0.486 e. The quantitative estimate of drug-likeness (QED) is 0.661. The molecule has 4 rings (SSSR count). The fourth-order valence-electron chi connectivity index (χ4n) is 3.95. The van der Waals surface area contributed by atoms with E-state index >= 15 is 0 Å². The highest BCUT2D eigenvalue weighted by Crippen LogP contribution is 2.41. The summed E-state index contributed by atoms with van der Waals surface area (Å²) in [4.78, 5) is 27.3. The number of Topliss-reactive ketones (excluding diaryl/α,β-unsaturated/α-hetero) is 1. The Morgan fingerprint density at radius 1 is 1.07 bits per heavy atom. The Hall–Kier alpha value is -2.14. The van der Waals surface area contributed by atoms with E-state index in [9.17, 15) is 9.59 Å². The number of hydrogen-bond donors (Lipinski definition) is 0. The summed E-state index contributed by atoms with van der Waals surface area (Å²) in [6.07, 6.45) is 1.74. The van der Waals surface area contributed by atoms with Gasteiger partial charge in [-0.2, -0.15) is 0 Å². The third kappa shape index (κ3) is 3.29. The van der Waals surface area contributed by atoms with E-state index in [0.29, 0.717) is 43.5 Å². The molecule has 2 aromatic carbocycles. The average molecular weight is 428 g/mol. The first-order valence-electron chi connectivity index (χ1n) is 9.26. The van der Waals surface area contributed by atoms with Crippen molar-refractivity contribution in [3.63, 3.8) is 0 Å². The molecule has 0 saturated carbocycles. The highest BCUT2D eigenvalue weighted by molar-refractivity contribution is 9.10. The summed E-state index contributed by atoms with van der Waals surface area (Å²) in [5, 5.41) is 0. The van der Waals surface area contributed by atoms with Crippen molar-refractivity contribution >= 4 is 27.6 Å². The summed E-state index contributed by atoms with van der Waals surface area (Å²) >= 11 is 3.39. The van der Waals surface area contributed by atoms with Crippen molar-refractivity contribution in [2.75, 3.05) is 13.1 Å². The number of ketones is 1. The van der Waals surface area contributed by atoms with Crippen LogP contribution >= 0.6 is 15.9 Å². The van der Waals surface area contributed by atoms with Gasteiger partial charge in [0.2, 0.25) is 0 Å². The minimum atomic E-state index is -0.487. The average Bonchev–Trinajstić information content (AvgIpc) is 2.66. The number of fused-ring (bicyclic) bond motifs is 1. The third-order valence-electron chi connectivity index (χ3n) is 5.83. The van der Waals surface area contributed by atoms with Crippen LogP contribution in [0.3, 0.4) is 0 Å². The fraction of sp³-hybridized carbons (Fsp3) is 0.364. The van der Waals surface area contributed by atoms with Crippen molar-refractivity contribution in [2.24, 2.45) is 0 Å². The molecular formula is C22H22BrNO3. The molecule has 2 aliphatic rings. The zero-order chi connectivity index (χ0) is 19.2. The number of carbonyl (C=O) groups is 2. The molecule has 0 aliphatic carbocycles. The zero-order valence-electron chi connectivity index (χ0n) is 15.5. The van der Waals surface area contributed by atoms with Crippen molar-refractivity contribution in [3.05, 3.63) is 63.1 Å². The topological polar surface area (TPSA) is 46.6 Å². The summed E-state index contributed by atoms with van der Waals surface area (Å²) in [5.41, 5.74) is 3.05. The first-order chi connectivity index (χ1) is 12.9. The number of halogens is 1. The molecule has 27 heavy (non-hydrogen) atoms. The number of likely N-dealkylation sites (tertiary alicyclic amines) is 1. The highest BCUT2D eigenvalue weighted by Gasteiger charge is 2.44. The van der Waals surface area contributed by atoms with E-state index < -0.39 is 5.60 Å². The van der Waals surface area contributed by atoms with E-state index in [1.54, 1.807) is 0 Å². The molecule has 1 fully saturated rings. The van der Waals surface area contributed by atoms with Crippen molar-refractivity contribution < 1.29 is 14.3 Å². The number of rotatable bonds is 1. The van der Waals surface area contributed by atoms with Gasteiger partial charge in [-0.3, -0.25) is 9.59 Å². The molecular weight excluding hydrogens is 406 g/mol. The Bertz CT molecular complexity index is 912. The Balaban J connectivity index is 1.52. The number of carbonyl (C=O) groups excluding carboxylic acids is 2. The summed E-state index contributed by atoms with van der Waals surface area (Å²) in [7, 11) is 0. The van der Waals surface area contributed by atoms with Gasteiger partial charge in [0.05, 0.1) is 12.0 Å². The first kappa shape index (κ1) is 18.2. The molecule has 0 bridgehead atoms. The van der Waals surface area contributed by atoms with E-state index in [2.05, 4.69) is 15.9 Å². The maximum Gasteiger partial charge on any atom is 0.253 e. The van der Waals surface area contributed by atoms with Crippen LogP contribution in [0.1, 0.15) is 51.1 Å². The summed E-state index contributed by atoms with van der Waals surface area (Å²) in [5.74, 6) is 0.915. The van der Waals surface area contributed by atoms with Crippen LogP contribution < -0.4 is 4.74 Å². The fourth-order valence-corrected chi connectivity index (χ4v) is 4.22. The van der Waals surface area contributed by atoms with Gasteiger partial charge in [-0.05, 0) is 55.3 Å². The van der Waals surface area contributed by atoms with Gasteiger partial charge >= 0.3 is 0 Å². The van der Waals surface area contributed by atoms with Crippen LogP contribution in [0.5, 0.6) is 5.75 Å². The van der Waals surface area contributed by atoms with Crippen LogP contribution in [-0.2, 0) is 0 Å². The normalized spacial score (nSPS) is 18.2. The molecule has 2 aliphatic heterocycles. The summed E-state index contributed by atoms with van der Waals surface area (Å²) in [6, 6.07) is 11.3. The van der Waals surface area contributed by atoms with Crippen molar-refractivity contribution in [3.8, 4) is 5.75 Å². The molecule has 5 heteroatoms. The lowest BCUT2D eigenvalue weighted by Crippen LogP contribution is -2.52. The monoisotopic (exact) mass is 427 g/mol. The molecule has 0 radical (unpaired) electrons. The Morgan fingerprint density at radius 3 is 2.41 bits per heavy atom. The van der Waals surface area contributed by atoms with Crippen molar-refractivity contribution in [1.29, 1.82) is 0 Å². The number of nitrogens with zero attached hydrogens (tertiary/aromatic N) is 1. The van der Waals surface area contributed by atoms with Crippen molar-refractivity contribution in [1.82, 2.24) is 4.90 Å². The minimum absolute atomic E-state index is 0.0342. The molecule has 1 spiro atoms. The van der Waals surface area contributed by atoms with Gasteiger partial charge in [-0.1, -0.05) is 22.0 Å². The molecule has 1 saturated heterocycles. The maximum atomic E-state index is 12.7. The number of benzene rings is 2. The van der Waals surface area contributed by atoms with Crippen LogP contribution in [0.25, 0.3) is 0 Å². The van der Waals surface area contributed by atoms with Gasteiger partial charge in [0.1, 0.15) is 11.4 Å². The van der Waals surface area contributed by atoms with E-state index in [0.717, 1.165) is 21.3 Å². The van der Waals surface area contributed by atoms with Gasteiger partial charge < -0.3 is 9.64 Å².